The zero-order chi connectivity index (χ0) is 14.2. The molecule has 0 saturated heterocycles. The van der Waals surface area contributed by atoms with E-state index in [9.17, 15) is 0 Å². The van der Waals surface area contributed by atoms with E-state index in [1.54, 1.807) is 6.33 Å². The highest BCUT2D eigenvalue weighted by Gasteiger charge is 2.26. The second-order valence-electron chi connectivity index (χ2n) is 6.03. The first-order chi connectivity index (χ1) is 10.4. The highest BCUT2D eigenvalue weighted by Crippen LogP contribution is 2.37. The third kappa shape index (κ3) is 2.10. The van der Waals surface area contributed by atoms with Crippen LogP contribution in [0, 0.1) is 5.92 Å². The molecule has 0 atom stereocenters. The van der Waals surface area contributed by atoms with Crippen LogP contribution in [0.3, 0.4) is 0 Å². The Balaban J connectivity index is 1.69. The smallest absolute Gasteiger partial charge is 0.141 e. The van der Waals surface area contributed by atoms with E-state index in [2.05, 4.69) is 31.7 Å². The van der Waals surface area contributed by atoms with Crippen LogP contribution < -0.4 is 5.32 Å². The molecule has 0 aliphatic heterocycles. The summed E-state index contributed by atoms with van der Waals surface area (Å²) in [6.07, 6.45) is 8.62. The summed E-state index contributed by atoms with van der Waals surface area (Å²) in [6, 6.07) is 2.07. The van der Waals surface area contributed by atoms with Crippen LogP contribution in [0.1, 0.15) is 37.3 Å². The number of H-pyrrole nitrogens is 1. The van der Waals surface area contributed by atoms with Crippen molar-refractivity contribution < 1.29 is 0 Å². The predicted octanol–water partition coefficient (Wildman–Crippen LogP) is 2.10. The van der Waals surface area contributed by atoms with Crippen LogP contribution in [-0.4, -0.2) is 38.4 Å². The maximum Gasteiger partial charge on any atom is 0.141 e. The minimum Gasteiger partial charge on any atom is -0.346 e. The predicted molar refractivity (Wildman–Crippen MR) is 81.3 cm³/mol. The summed E-state index contributed by atoms with van der Waals surface area (Å²) in [7, 11) is 2.04. The maximum absolute atomic E-state index is 4.46. The molecule has 0 spiro atoms. The maximum atomic E-state index is 4.46. The number of aromatic nitrogens is 5. The normalized spacial score (nSPS) is 23.1. The van der Waals surface area contributed by atoms with Crippen LogP contribution >= 0.6 is 0 Å². The summed E-state index contributed by atoms with van der Waals surface area (Å²) in [4.78, 5) is 7.53. The standard InChI is InChI=1S/C15H20N6/c1-16-8-10-2-4-11(5-3-10)13-14-12-6-7-17-15(12)18-9-21(14)20-19-13/h6-7,9-11,16-17H,2-5,8H2,1H3. The van der Waals surface area contributed by atoms with Crippen molar-refractivity contribution in [3.8, 4) is 0 Å². The highest BCUT2D eigenvalue weighted by atomic mass is 15.4. The molecule has 0 radical (unpaired) electrons. The van der Waals surface area contributed by atoms with Crippen LogP contribution in [0.4, 0.5) is 0 Å². The van der Waals surface area contributed by atoms with E-state index in [0.29, 0.717) is 5.92 Å². The molecule has 3 aromatic heterocycles. The monoisotopic (exact) mass is 284 g/mol. The largest absolute Gasteiger partial charge is 0.346 e. The molecule has 1 aliphatic rings. The van der Waals surface area contributed by atoms with Gasteiger partial charge < -0.3 is 10.3 Å². The average Bonchev–Trinajstić information content (AvgIpc) is 3.14. The quantitative estimate of drug-likeness (QED) is 0.772. The Morgan fingerprint density at radius 3 is 3.00 bits per heavy atom. The number of nitrogens with zero attached hydrogens (tertiary/aromatic N) is 4. The van der Waals surface area contributed by atoms with Gasteiger partial charge in [-0.1, -0.05) is 5.21 Å². The lowest BCUT2D eigenvalue weighted by molar-refractivity contribution is 0.318. The summed E-state index contributed by atoms with van der Waals surface area (Å²) in [5.41, 5.74) is 3.18. The lowest BCUT2D eigenvalue weighted by atomic mass is 9.80. The summed E-state index contributed by atoms with van der Waals surface area (Å²) in [5, 5.41) is 13.1. The van der Waals surface area contributed by atoms with Gasteiger partial charge in [0.05, 0.1) is 5.69 Å². The van der Waals surface area contributed by atoms with E-state index in [0.717, 1.165) is 34.7 Å². The fourth-order valence-electron chi connectivity index (χ4n) is 3.62. The molecule has 3 heterocycles. The topological polar surface area (TPSA) is 70.9 Å². The summed E-state index contributed by atoms with van der Waals surface area (Å²) in [6.45, 7) is 1.13. The molecule has 0 unspecified atom stereocenters. The number of hydrogen-bond acceptors (Lipinski definition) is 4. The molecule has 1 saturated carbocycles. The Morgan fingerprint density at radius 1 is 1.33 bits per heavy atom. The van der Waals surface area contributed by atoms with Crippen molar-refractivity contribution in [1.29, 1.82) is 0 Å². The zero-order valence-corrected chi connectivity index (χ0v) is 12.2. The SMILES string of the molecule is CNCC1CCC(c2nnn3cnc4[nH]ccc4c23)CC1. The minimum absolute atomic E-state index is 0.524. The summed E-state index contributed by atoms with van der Waals surface area (Å²) in [5.74, 6) is 1.33. The van der Waals surface area contributed by atoms with Gasteiger partial charge in [-0.2, -0.15) is 0 Å². The van der Waals surface area contributed by atoms with Crippen LogP contribution in [0.25, 0.3) is 16.6 Å². The number of nitrogens with one attached hydrogen (secondary N) is 2. The van der Waals surface area contributed by atoms with Gasteiger partial charge in [-0.3, -0.25) is 0 Å². The van der Waals surface area contributed by atoms with Crippen molar-refractivity contribution in [2.75, 3.05) is 13.6 Å². The van der Waals surface area contributed by atoms with Gasteiger partial charge in [0.15, 0.2) is 0 Å². The molecule has 2 N–H and O–H groups in total. The van der Waals surface area contributed by atoms with E-state index in [1.165, 1.54) is 25.7 Å². The molecule has 0 aromatic carbocycles. The molecule has 0 bridgehead atoms. The highest BCUT2D eigenvalue weighted by molar-refractivity contribution is 5.92. The third-order valence-corrected chi connectivity index (χ3v) is 4.72. The Hall–Kier alpha value is -1.95. The number of rotatable bonds is 3. The second kappa shape index (κ2) is 5.11. The summed E-state index contributed by atoms with van der Waals surface area (Å²) < 4.78 is 1.81. The first-order valence-corrected chi connectivity index (χ1v) is 7.68. The fraction of sp³-hybridized carbons (Fsp3) is 0.533. The van der Waals surface area contributed by atoms with E-state index in [-0.39, 0.29) is 0 Å². The van der Waals surface area contributed by atoms with Gasteiger partial charge in [0, 0.05) is 17.5 Å². The van der Waals surface area contributed by atoms with Crippen molar-refractivity contribution in [2.24, 2.45) is 5.92 Å². The molecule has 3 aromatic rings. The number of aromatic amines is 1. The van der Waals surface area contributed by atoms with Crippen molar-refractivity contribution >= 4 is 16.6 Å². The van der Waals surface area contributed by atoms with Crippen molar-refractivity contribution in [1.82, 2.24) is 30.1 Å². The Kier molecular flexibility index (Phi) is 3.11. The van der Waals surface area contributed by atoms with E-state index < -0.39 is 0 Å². The molecule has 6 heteroatoms. The molecular formula is C15H20N6. The van der Waals surface area contributed by atoms with Crippen LogP contribution in [0.5, 0.6) is 0 Å². The van der Waals surface area contributed by atoms with Gasteiger partial charge >= 0.3 is 0 Å². The zero-order valence-electron chi connectivity index (χ0n) is 12.2. The molecule has 1 fully saturated rings. The van der Waals surface area contributed by atoms with E-state index >= 15 is 0 Å². The average molecular weight is 284 g/mol. The Morgan fingerprint density at radius 2 is 2.19 bits per heavy atom. The Labute approximate surface area is 122 Å². The van der Waals surface area contributed by atoms with Crippen molar-refractivity contribution in [3.05, 3.63) is 24.3 Å². The van der Waals surface area contributed by atoms with Crippen molar-refractivity contribution in [2.45, 2.75) is 31.6 Å². The molecule has 110 valence electrons. The molecule has 21 heavy (non-hydrogen) atoms. The number of hydrogen-bond donors (Lipinski definition) is 2. The fourth-order valence-corrected chi connectivity index (χ4v) is 3.62. The lowest BCUT2D eigenvalue weighted by Crippen LogP contribution is -2.23. The third-order valence-electron chi connectivity index (χ3n) is 4.72. The van der Waals surface area contributed by atoms with Crippen LogP contribution in [-0.2, 0) is 0 Å². The lowest BCUT2D eigenvalue weighted by Gasteiger charge is -2.27. The van der Waals surface area contributed by atoms with Crippen LogP contribution in [0.2, 0.25) is 0 Å². The summed E-state index contributed by atoms with van der Waals surface area (Å²) >= 11 is 0. The Bertz CT molecular complexity index is 750. The van der Waals surface area contributed by atoms with Gasteiger partial charge in [-0.25, -0.2) is 9.50 Å². The minimum atomic E-state index is 0.524. The van der Waals surface area contributed by atoms with Gasteiger partial charge in [0.2, 0.25) is 0 Å². The van der Waals surface area contributed by atoms with Gasteiger partial charge in [0.1, 0.15) is 17.5 Å². The first-order valence-electron chi connectivity index (χ1n) is 7.68. The first kappa shape index (κ1) is 12.8. The second-order valence-corrected chi connectivity index (χ2v) is 6.03. The van der Waals surface area contributed by atoms with E-state index in [4.69, 9.17) is 0 Å². The molecular weight excluding hydrogens is 264 g/mol. The van der Waals surface area contributed by atoms with Crippen LogP contribution in [0.15, 0.2) is 18.6 Å². The molecule has 1 aliphatic carbocycles. The molecule has 4 rings (SSSR count). The van der Waals surface area contributed by atoms with Crippen molar-refractivity contribution in [3.63, 3.8) is 0 Å². The van der Waals surface area contributed by atoms with E-state index in [1.807, 2.05) is 17.8 Å². The number of fused-ring (bicyclic) bond motifs is 3. The molecule has 6 nitrogen and oxygen atoms in total. The van der Waals surface area contributed by atoms with Gasteiger partial charge in [-0.15, -0.1) is 5.10 Å². The van der Waals surface area contributed by atoms with Gasteiger partial charge in [-0.05, 0) is 51.3 Å². The molecule has 0 amide bonds. The van der Waals surface area contributed by atoms with Gasteiger partial charge in [0.25, 0.3) is 0 Å².